The van der Waals surface area contributed by atoms with E-state index in [2.05, 4.69) is 47.1 Å². The maximum Gasteiger partial charge on any atom is 0.119 e. The van der Waals surface area contributed by atoms with Crippen molar-refractivity contribution in [2.75, 3.05) is 13.2 Å². The number of aromatic nitrogens is 2. The van der Waals surface area contributed by atoms with Crippen LogP contribution in [-0.4, -0.2) is 22.9 Å². The Balaban J connectivity index is 2.33. The van der Waals surface area contributed by atoms with Crippen molar-refractivity contribution in [3.8, 4) is 5.75 Å². The summed E-state index contributed by atoms with van der Waals surface area (Å²) in [7, 11) is 0. The van der Waals surface area contributed by atoms with Crippen molar-refractivity contribution in [3.05, 3.63) is 47.8 Å². The van der Waals surface area contributed by atoms with Gasteiger partial charge >= 0.3 is 0 Å². The quantitative estimate of drug-likeness (QED) is 0.809. The standard InChI is InChI=1S/C17H25N3O/c1-4-12-20-16(10-11-19-20)17(18-5-2)14-8-7-9-15(13-14)21-6-3/h7-11,13,17-18H,4-6,12H2,1-3H3. The van der Waals surface area contributed by atoms with Crippen LogP contribution in [0.3, 0.4) is 0 Å². The molecule has 0 aliphatic rings. The molecule has 2 rings (SSSR count). The maximum atomic E-state index is 5.62. The molecule has 4 heteroatoms. The van der Waals surface area contributed by atoms with Gasteiger partial charge in [0.15, 0.2) is 0 Å². The minimum absolute atomic E-state index is 0.143. The molecule has 0 spiro atoms. The van der Waals surface area contributed by atoms with Crippen LogP contribution in [0.2, 0.25) is 0 Å². The Bertz CT molecular complexity index is 550. The van der Waals surface area contributed by atoms with Crippen LogP contribution in [0.5, 0.6) is 5.75 Å². The van der Waals surface area contributed by atoms with E-state index in [0.717, 1.165) is 25.3 Å². The number of hydrogen-bond donors (Lipinski definition) is 1. The lowest BCUT2D eigenvalue weighted by molar-refractivity contribution is 0.339. The van der Waals surface area contributed by atoms with Gasteiger partial charge in [0.25, 0.3) is 0 Å². The molecule has 0 bridgehead atoms. The summed E-state index contributed by atoms with van der Waals surface area (Å²) in [6.07, 6.45) is 2.95. The summed E-state index contributed by atoms with van der Waals surface area (Å²) < 4.78 is 7.70. The van der Waals surface area contributed by atoms with Crippen LogP contribution in [0.1, 0.15) is 44.5 Å². The van der Waals surface area contributed by atoms with E-state index in [-0.39, 0.29) is 6.04 Å². The molecule has 1 unspecified atom stereocenters. The average Bonchev–Trinajstić information content (AvgIpc) is 2.94. The largest absolute Gasteiger partial charge is 0.494 e. The number of rotatable bonds is 8. The molecule has 21 heavy (non-hydrogen) atoms. The highest BCUT2D eigenvalue weighted by atomic mass is 16.5. The highest BCUT2D eigenvalue weighted by molar-refractivity contribution is 5.34. The fraction of sp³-hybridized carbons (Fsp3) is 0.471. The van der Waals surface area contributed by atoms with Crippen molar-refractivity contribution in [1.29, 1.82) is 0 Å². The molecule has 4 nitrogen and oxygen atoms in total. The van der Waals surface area contributed by atoms with E-state index >= 15 is 0 Å². The van der Waals surface area contributed by atoms with Gasteiger partial charge in [-0.25, -0.2) is 0 Å². The minimum atomic E-state index is 0.143. The lowest BCUT2D eigenvalue weighted by Gasteiger charge is -2.20. The molecule has 1 N–H and O–H groups in total. The van der Waals surface area contributed by atoms with Crippen LogP contribution >= 0.6 is 0 Å². The molecule has 1 aromatic carbocycles. The zero-order valence-corrected chi connectivity index (χ0v) is 13.2. The SMILES string of the molecule is CCCn1nccc1C(NCC)c1cccc(OCC)c1. The van der Waals surface area contributed by atoms with Crippen LogP contribution in [-0.2, 0) is 6.54 Å². The number of ether oxygens (including phenoxy) is 1. The van der Waals surface area contributed by atoms with Gasteiger partial charge in [-0.05, 0) is 43.7 Å². The Hall–Kier alpha value is -1.81. The first-order chi connectivity index (χ1) is 10.3. The van der Waals surface area contributed by atoms with E-state index in [4.69, 9.17) is 4.74 Å². The topological polar surface area (TPSA) is 39.1 Å². The Morgan fingerprint density at radius 3 is 2.81 bits per heavy atom. The van der Waals surface area contributed by atoms with Gasteiger partial charge in [-0.15, -0.1) is 0 Å². The summed E-state index contributed by atoms with van der Waals surface area (Å²) in [6.45, 7) is 8.83. The van der Waals surface area contributed by atoms with Crippen molar-refractivity contribution in [3.63, 3.8) is 0 Å². The van der Waals surface area contributed by atoms with E-state index in [9.17, 15) is 0 Å². The smallest absolute Gasteiger partial charge is 0.119 e. The number of nitrogens with zero attached hydrogens (tertiary/aromatic N) is 2. The third kappa shape index (κ3) is 3.85. The van der Waals surface area contributed by atoms with Gasteiger partial charge in [-0.2, -0.15) is 5.10 Å². The summed E-state index contributed by atoms with van der Waals surface area (Å²) >= 11 is 0. The Labute approximate surface area is 127 Å². The molecule has 0 radical (unpaired) electrons. The molecule has 1 atom stereocenters. The fourth-order valence-corrected chi connectivity index (χ4v) is 2.53. The van der Waals surface area contributed by atoms with Crippen LogP contribution in [0, 0.1) is 0 Å². The predicted molar refractivity (Wildman–Crippen MR) is 85.6 cm³/mol. The second-order valence-electron chi connectivity index (χ2n) is 4.98. The van der Waals surface area contributed by atoms with Crippen LogP contribution in [0.15, 0.2) is 36.5 Å². The van der Waals surface area contributed by atoms with Crippen molar-refractivity contribution in [2.24, 2.45) is 0 Å². The van der Waals surface area contributed by atoms with Gasteiger partial charge in [0, 0.05) is 12.7 Å². The molecular formula is C17H25N3O. The molecule has 0 aliphatic carbocycles. The molecule has 0 saturated heterocycles. The Kier molecular flexibility index (Phi) is 5.81. The molecule has 0 amide bonds. The van der Waals surface area contributed by atoms with Gasteiger partial charge < -0.3 is 10.1 Å². The first-order valence-electron chi connectivity index (χ1n) is 7.78. The molecule has 2 aromatic rings. The van der Waals surface area contributed by atoms with Crippen LogP contribution in [0.4, 0.5) is 0 Å². The molecule has 1 aromatic heterocycles. The van der Waals surface area contributed by atoms with Crippen molar-refractivity contribution in [2.45, 2.75) is 39.8 Å². The summed E-state index contributed by atoms with van der Waals surface area (Å²) in [6, 6.07) is 10.5. The monoisotopic (exact) mass is 287 g/mol. The van der Waals surface area contributed by atoms with Gasteiger partial charge in [-0.1, -0.05) is 26.0 Å². The molecule has 0 fully saturated rings. The molecule has 0 saturated carbocycles. The third-order valence-corrected chi connectivity index (χ3v) is 3.39. The highest BCUT2D eigenvalue weighted by Gasteiger charge is 2.17. The number of hydrogen-bond acceptors (Lipinski definition) is 3. The van der Waals surface area contributed by atoms with Gasteiger partial charge in [-0.3, -0.25) is 4.68 Å². The Morgan fingerprint density at radius 1 is 1.24 bits per heavy atom. The first-order valence-corrected chi connectivity index (χ1v) is 7.78. The number of benzene rings is 1. The normalized spacial score (nSPS) is 12.3. The van der Waals surface area contributed by atoms with E-state index in [0.29, 0.717) is 6.61 Å². The van der Waals surface area contributed by atoms with E-state index in [1.54, 1.807) is 0 Å². The van der Waals surface area contributed by atoms with Gasteiger partial charge in [0.2, 0.25) is 0 Å². The van der Waals surface area contributed by atoms with E-state index in [1.165, 1.54) is 11.3 Å². The highest BCUT2D eigenvalue weighted by Crippen LogP contribution is 2.25. The van der Waals surface area contributed by atoms with Crippen molar-refractivity contribution < 1.29 is 4.74 Å². The number of aryl methyl sites for hydroxylation is 1. The molecule has 0 aliphatic heterocycles. The summed E-state index contributed by atoms with van der Waals surface area (Å²) in [5.41, 5.74) is 2.41. The second-order valence-corrected chi connectivity index (χ2v) is 4.98. The molecular weight excluding hydrogens is 262 g/mol. The van der Waals surface area contributed by atoms with Crippen molar-refractivity contribution in [1.82, 2.24) is 15.1 Å². The zero-order valence-electron chi connectivity index (χ0n) is 13.2. The third-order valence-electron chi connectivity index (χ3n) is 3.39. The van der Waals surface area contributed by atoms with Crippen molar-refractivity contribution >= 4 is 0 Å². The lowest BCUT2D eigenvalue weighted by Crippen LogP contribution is -2.25. The second kappa shape index (κ2) is 7.84. The Morgan fingerprint density at radius 2 is 2.10 bits per heavy atom. The predicted octanol–water partition coefficient (Wildman–Crippen LogP) is 3.39. The van der Waals surface area contributed by atoms with Crippen LogP contribution in [0.25, 0.3) is 0 Å². The summed E-state index contributed by atoms with van der Waals surface area (Å²) in [4.78, 5) is 0. The van der Waals surface area contributed by atoms with Gasteiger partial charge in [0.05, 0.1) is 18.3 Å². The molecule has 114 valence electrons. The zero-order chi connectivity index (χ0) is 15.1. The summed E-state index contributed by atoms with van der Waals surface area (Å²) in [5.74, 6) is 0.916. The van der Waals surface area contributed by atoms with Crippen LogP contribution < -0.4 is 10.1 Å². The van der Waals surface area contributed by atoms with E-state index in [1.807, 2.05) is 25.3 Å². The number of nitrogens with one attached hydrogen (secondary N) is 1. The lowest BCUT2D eigenvalue weighted by atomic mass is 10.0. The average molecular weight is 287 g/mol. The van der Waals surface area contributed by atoms with E-state index < -0.39 is 0 Å². The summed E-state index contributed by atoms with van der Waals surface area (Å²) in [5, 5.41) is 7.99. The maximum absolute atomic E-state index is 5.62. The molecule has 1 heterocycles. The minimum Gasteiger partial charge on any atom is -0.494 e. The fourth-order valence-electron chi connectivity index (χ4n) is 2.53. The first kappa shape index (κ1) is 15.6. The van der Waals surface area contributed by atoms with Gasteiger partial charge in [0.1, 0.15) is 5.75 Å².